The second-order valence-corrected chi connectivity index (χ2v) is 7.27. The Morgan fingerprint density at radius 2 is 1.71 bits per heavy atom. The van der Waals surface area contributed by atoms with Crippen molar-refractivity contribution in [2.75, 3.05) is 6.54 Å². The van der Waals surface area contributed by atoms with Crippen LogP contribution in [0.3, 0.4) is 0 Å². The molecule has 6 nitrogen and oxygen atoms in total. The molecular weight excluding hydrogens is 429 g/mol. The number of benzene rings is 2. The molecule has 148 valence electrons. The van der Waals surface area contributed by atoms with Crippen LogP contribution in [0, 0.1) is 11.7 Å². The molecule has 1 atom stereocenters. The number of primary amides is 1. The molecule has 4 N–H and O–H groups in total. The van der Waals surface area contributed by atoms with Crippen molar-refractivity contribution in [2.24, 2.45) is 11.7 Å². The van der Waals surface area contributed by atoms with Gasteiger partial charge in [0, 0.05) is 18.0 Å². The Morgan fingerprint density at radius 1 is 1.07 bits per heavy atom. The number of nitrogens with one attached hydrogen (secondary N) is 2. The minimum absolute atomic E-state index is 0.122. The van der Waals surface area contributed by atoms with E-state index in [0.717, 1.165) is 11.1 Å². The van der Waals surface area contributed by atoms with Gasteiger partial charge >= 0.3 is 0 Å². The highest BCUT2D eigenvalue weighted by molar-refractivity contribution is 9.10. The second-order valence-electron chi connectivity index (χ2n) is 6.42. The fourth-order valence-electron chi connectivity index (χ4n) is 2.52. The molecule has 2 rings (SSSR count). The van der Waals surface area contributed by atoms with Gasteiger partial charge in [0.1, 0.15) is 5.82 Å². The molecule has 3 amide bonds. The Labute approximate surface area is 170 Å². The summed E-state index contributed by atoms with van der Waals surface area (Å²) < 4.78 is 13.7. The molecule has 0 fully saturated rings. The monoisotopic (exact) mass is 449 g/mol. The summed E-state index contributed by atoms with van der Waals surface area (Å²) in [6.45, 7) is 1.90. The van der Waals surface area contributed by atoms with Crippen molar-refractivity contribution in [3.63, 3.8) is 0 Å². The van der Waals surface area contributed by atoms with Crippen LogP contribution in [0.5, 0.6) is 0 Å². The number of nitrogens with two attached hydrogens (primary N) is 1. The average Bonchev–Trinajstić information content (AvgIpc) is 2.67. The summed E-state index contributed by atoms with van der Waals surface area (Å²) in [5, 5.41) is 5.25. The molecule has 0 saturated carbocycles. The standard InChI is InChI=1S/C20H21BrFN3O3/c1-12(8-14-4-7-17(22)16(21)9-14)19(27)24-10-13-2-5-15(6-3-13)20(28)25-11-18(23)26/h2-7,9,12H,8,10-11H2,1H3,(H2,23,26)(H,24,27)(H,25,28). The first kappa shape index (κ1) is 21.6. The number of hydrogen-bond donors (Lipinski definition) is 3. The Morgan fingerprint density at radius 3 is 2.32 bits per heavy atom. The highest BCUT2D eigenvalue weighted by Gasteiger charge is 2.14. The highest BCUT2D eigenvalue weighted by atomic mass is 79.9. The van der Waals surface area contributed by atoms with Gasteiger partial charge in [0.2, 0.25) is 11.8 Å². The van der Waals surface area contributed by atoms with Crippen molar-refractivity contribution in [2.45, 2.75) is 19.9 Å². The molecule has 0 spiro atoms. The van der Waals surface area contributed by atoms with Gasteiger partial charge < -0.3 is 16.4 Å². The average molecular weight is 450 g/mol. The Kier molecular flexibility index (Phi) is 7.69. The van der Waals surface area contributed by atoms with Gasteiger partial charge in [-0.1, -0.05) is 25.1 Å². The lowest BCUT2D eigenvalue weighted by Gasteiger charge is -2.13. The number of halogens is 2. The Bertz CT molecular complexity index is 871. The SMILES string of the molecule is CC(Cc1ccc(F)c(Br)c1)C(=O)NCc1ccc(C(=O)NCC(N)=O)cc1. The quantitative estimate of drug-likeness (QED) is 0.575. The minimum Gasteiger partial charge on any atom is -0.368 e. The number of rotatable bonds is 8. The van der Waals surface area contributed by atoms with Crippen molar-refractivity contribution >= 4 is 33.7 Å². The van der Waals surface area contributed by atoms with Crippen LogP contribution in [-0.2, 0) is 22.6 Å². The molecule has 2 aromatic carbocycles. The van der Waals surface area contributed by atoms with Crippen molar-refractivity contribution in [3.05, 3.63) is 69.4 Å². The summed E-state index contributed by atoms with van der Waals surface area (Å²) in [6, 6.07) is 11.4. The zero-order valence-electron chi connectivity index (χ0n) is 15.3. The van der Waals surface area contributed by atoms with E-state index in [-0.39, 0.29) is 24.2 Å². The molecule has 0 aromatic heterocycles. The van der Waals surface area contributed by atoms with Crippen LogP contribution in [0.15, 0.2) is 46.9 Å². The van der Waals surface area contributed by atoms with Crippen LogP contribution >= 0.6 is 15.9 Å². The minimum atomic E-state index is -0.616. The van der Waals surface area contributed by atoms with Crippen molar-refractivity contribution in [3.8, 4) is 0 Å². The van der Waals surface area contributed by atoms with Crippen LogP contribution in [0.25, 0.3) is 0 Å². The van der Waals surface area contributed by atoms with Gasteiger partial charge in [-0.25, -0.2) is 4.39 Å². The largest absolute Gasteiger partial charge is 0.368 e. The Hall–Kier alpha value is -2.74. The first-order chi connectivity index (χ1) is 13.3. The van der Waals surface area contributed by atoms with Crippen molar-refractivity contribution in [1.82, 2.24) is 10.6 Å². The highest BCUT2D eigenvalue weighted by Crippen LogP contribution is 2.19. The zero-order chi connectivity index (χ0) is 20.7. The van der Waals surface area contributed by atoms with E-state index in [1.807, 2.05) is 0 Å². The van der Waals surface area contributed by atoms with Crippen LogP contribution in [0.4, 0.5) is 4.39 Å². The molecule has 1 unspecified atom stereocenters. The third-order valence-electron chi connectivity index (χ3n) is 4.08. The maximum atomic E-state index is 13.3. The number of hydrogen-bond acceptors (Lipinski definition) is 3. The van der Waals surface area contributed by atoms with Crippen LogP contribution in [-0.4, -0.2) is 24.3 Å². The molecule has 0 heterocycles. The number of carbonyl (C=O) groups is 3. The maximum Gasteiger partial charge on any atom is 0.251 e. The zero-order valence-corrected chi connectivity index (χ0v) is 16.9. The van der Waals surface area contributed by atoms with Gasteiger partial charge in [-0.3, -0.25) is 14.4 Å². The smallest absolute Gasteiger partial charge is 0.251 e. The molecule has 0 radical (unpaired) electrons. The van der Waals surface area contributed by atoms with E-state index in [4.69, 9.17) is 5.73 Å². The van der Waals surface area contributed by atoms with E-state index in [0.29, 0.717) is 23.0 Å². The summed E-state index contributed by atoms with van der Waals surface area (Å²) in [6.07, 6.45) is 0.490. The molecule has 0 aliphatic carbocycles. The fourth-order valence-corrected chi connectivity index (χ4v) is 2.95. The van der Waals surface area contributed by atoms with Gasteiger partial charge in [0.05, 0.1) is 11.0 Å². The van der Waals surface area contributed by atoms with E-state index in [2.05, 4.69) is 26.6 Å². The molecule has 0 aliphatic rings. The molecule has 28 heavy (non-hydrogen) atoms. The first-order valence-corrected chi connectivity index (χ1v) is 9.42. The molecular formula is C20H21BrFN3O3. The van der Waals surface area contributed by atoms with E-state index < -0.39 is 11.8 Å². The maximum absolute atomic E-state index is 13.3. The third-order valence-corrected chi connectivity index (χ3v) is 4.69. The van der Waals surface area contributed by atoms with Crippen LogP contribution < -0.4 is 16.4 Å². The molecule has 0 bridgehead atoms. The van der Waals surface area contributed by atoms with E-state index in [1.165, 1.54) is 6.07 Å². The predicted molar refractivity (Wildman–Crippen MR) is 107 cm³/mol. The van der Waals surface area contributed by atoms with Crippen LogP contribution in [0.2, 0.25) is 0 Å². The molecule has 2 aromatic rings. The van der Waals surface area contributed by atoms with Gasteiger partial charge in [0.25, 0.3) is 5.91 Å². The number of amides is 3. The van der Waals surface area contributed by atoms with Crippen molar-refractivity contribution < 1.29 is 18.8 Å². The summed E-state index contributed by atoms with van der Waals surface area (Å²) in [4.78, 5) is 34.8. The molecule has 0 saturated heterocycles. The summed E-state index contributed by atoms with van der Waals surface area (Å²) in [5.74, 6) is -1.75. The fraction of sp³-hybridized carbons (Fsp3) is 0.250. The Balaban J connectivity index is 1.85. The topological polar surface area (TPSA) is 101 Å². The molecule has 8 heteroatoms. The predicted octanol–water partition coefficient (Wildman–Crippen LogP) is 2.30. The molecule has 0 aliphatic heterocycles. The third kappa shape index (κ3) is 6.45. The van der Waals surface area contributed by atoms with Crippen LogP contribution in [0.1, 0.15) is 28.4 Å². The lowest BCUT2D eigenvalue weighted by atomic mass is 10.0. The lowest BCUT2D eigenvalue weighted by Crippen LogP contribution is -2.33. The van der Waals surface area contributed by atoms with Gasteiger partial charge in [0.15, 0.2) is 0 Å². The van der Waals surface area contributed by atoms with E-state index in [9.17, 15) is 18.8 Å². The normalized spacial score (nSPS) is 11.5. The van der Waals surface area contributed by atoms with E-state index >= 15 is 0 Å². The van der Waals surface area contributed by atoms with Gasteiger partial charge in [-0.15, -0.1) is 0 Å². The first-order valence-electron chi connectivity index (χ1n) is 8.63. The van der Waals surface area contributed by atoms with E-state index in [1.54, 1.807) is 43.3 Å². The second kappa shape index (κ2) is 9.98. The summed E-state index contributed by atoms with van der Waals surface area (Å²) in [7, 11) is 0. The lowest BCUT2D eigenvalue weighted by molar-refractivity contribution is -0.124. The van der Waals surface area contributed by atoms with Gasteiger partial charge in [-0.2, -0.15) is 0 Å². The summed E-state index contributed by atoms with van der Waals surface area (Å²) in [5.41, 5.74) is 7.07. The van der Waals surface area contributed by atoms with Gasteiger partial charge in [-0.05, 0) is 57.7 Å². The van der Waals surface area contributed by atoms with Crippen molar-refractivity contribution in [1.29, 1.82) is 0 Å². The number of carbonyl (C=O) groups excluding carboxylic acids is 3. The summed E-state index contributed by atoms with van der Waals surface area (Å²) >= 11 is 3.14.